The summed E-state index contributed by atoms with van der Waals surface area (Å²) in [6.45, 7) is 4.81. The van der Waals surface area contributed by atoms with E-state index in [-0.39, 0.29) is 32.2 Å². The topological polar surface area (TPSA) is 111 Å². The number of nitrogens with zero attached hydrogens (tertiary/aromatic N) is 1. The van der Waals surface area contributed by atoms with Crippen molar-refractivity contribution in [2.45, 2.75) is 379 Å². The van der Waals surface area contributed by atoms with Crippen molar-refractivity contribution in [1.82, 2.24) is 0 Å². The number of unbranched alkanes of at least 4 members (excludes halogenated alkanes) is 48. The number of carboxylic acid groups (broad SMARTS) is 1. The number of aliphatic carboxylic acids is 1. The van der Waals surface area contributed by atoms with Crippen molar-refractivity contribution in [3.05, 3.63) is 36.5 Å². The molecule has 494 valence electrons. The second-order valence-corrected chi connectivity index (χ2v) is 26.2. The van der Waals surface area contributed by atoms with E-state index in [9.17, 15) is 19.5 Å². The van der Waals surface area contributed by atoms with Crippen molar-refractivity contribution in [2.75, 3.05) is 47.5 Å². The maximum atomic E-state index is 12.9. The molecule has 0 rings (SSSR count). The van der Waals surface area contributed by atoms with E-state index in [4.69, 9.17) is 18.9 Å². The number of carboxylic acids is 1. The predicted octanol–water partition coefficient (Wildman–Crippen LogP) is 21.4. The molecule has 0 aromatic heterocycles. The summed E-state index contributed by atoms with van der Waals surface area (Å²) in [4.78, 5) is 37.5. The van der Waals surface area contributed by atoms with Crippen molar-refractivity contribution in [3.8, 4) is 0 Å². The van der Waals surface area contributed by atoms with Crippen LogP contribution in [-0.2, 0) is 33.3 Å². The van der Waals surface area contributed by atoms with E-state index in [0.717, 1.165) is 44.9 Å². The Labute approximate surface area is 521 Å². The van der Waals surface area contributed by atoms with E-state index in [2.05, 4.69) is 50.3 Å². The maximum absolute atomic E-state index is 12.9. The van der Waals surface area contributed by atoms with Crippen LogP contribution in [-0.4, -0.2) is 82.3 Å². The van der Waals surface area contributed by atoms with E-state index >= 15 is 0 Å². The van der Waals surface area contributed by atoms with Crippen molar-refractivity contribution in [2.24, 2.45) is 0 Å². The van der Waals surface area contributed by atoms with Crippen LogP contribution in [0.25, 0.3) is 0 Å². The minimum absolute atomic E-state index is 0.150. The lowest BCUT2D eigenvalue weighted by atomic mass is 10.0. The molecular weight excluding hydrogens is 1040 g/mol. The molecule has 0 fully saturated rings. The first-order chi connectivity index (χ1) is 41.1. The fraction of sp³-hybridized carbons (Fsp3) is 0.880. The lowest BCUT2D eigenvalue weighted by molar-refractivity contribution is -0.870. The van der Waals surface area contributed by atoms with Crippen LogP contribution in [0.4, 0.5) is 0 Å². The smallest absolute Gasteiger partial charge is 0.306 e. The van der Waals surface area contributed by atoms with Crippen molar-refractivity contribution in [1.29, 1.82) is 0 Å². The number of allylic oxidation sites excluding steroid dienone is 6. The summed E-state index contributed by atoms with van der Waals surface area (Å²) in [5.41, 5.74) is 0. The number of carbonyl (C=O) groups is 3. The molecule has 0 aromatic rings. The minimum Gasteiger partial charge on any atom is -0.545 e. The van der Waals surface area contributed by atoms with Crippen LogP contribution in [0.3, 0.4) is 0 Å². The Bertz CT molecular complexity index is 1470. The van der Waals surface area contributed by atoms with Gasteiger partial charge in [-0.15, -0.1) is 0 Å². The van der Waals surface area contributed by atoms with Crippen LogP contribution in [0.1, 0.15) is 367 Å². The summed E-state index contributed by atoms with van der Waals surface area (Å²) in [5, 5.41) is 11.8. The lowest BCUT2D eigenvalue weighted by Crippen LogP contribution is -2.44. The first kappa shape index (κ1) is 81.5. The highest BCUT2D eigenvalue weighted by Crippen LogP contribution is 2.19. The van der Waals surface area contributed by atoms with Crippen LogP contribution in [0.15, 0.2) is 36.5 Å². The molecule has 0 bridgehead atoms. The molecule has 9 nitrogen and oxygen atoms in total. The van der Waals surface area contributed by atoms with Crippen LogP contribution >= 0.6 is 0 Å². The number of rotatable bonds is 69. The van der Waals surface area contributed by atoms with Crippen LogP contribution in [0.5, 0.6) is 0 Å². The van der Waals surface area contributed by atoms with Gasteiger partial charge in [-0.1, -0.05) is 339 Å². The number of quaternary nitrogens is 1. The molecular formula is C75H141NO8. The molecule has 0 amide bonds. The van der Waals surface area contributed by atoms with E-state index < -0.39 is 24.3 Å². The van der Waals surface area contributed by atoms with Crippen molar-refractivity contribution >= 4 is 17.9 Å². The Hall–Kier alpha value is -2.49. The normalized spacial score (nSPS) is 12.8. The Morgan fingerprint density at radius 1 is 0.357 bits per heavy atom. The third-order valence-electron chi connectivity index (χ3n) is 16.6. The van der Waals surface area contributed by atoms with Gasteiger partial charge in [0.05, 0.1) is 40.3 Å². The maximum Gasteiger partial charge on any atom is 0.306 e. The van der Waals surface area contributed by atoms with E-state index in [1.54, 1.807) is 0 Å². The van der Waals surface area contributed by atoms with Gasteiger partial charge in [0.2, 0.25) is 0 Å². The van der Waals surface area contributed by atoms with Gasteiger partial charge in [0.15, 0.2) is 12.4 Å². The Kier molecular flexibility index (Phi) is 64.5. The molecule has 0 radical (unpaired) electrons. The summed E-state index contributed by atoms with van der Waals surface area (Å²) in [6, 6.07) is 0. The van der Waals surface area contributed by atoms with Crippen molar-refractivity contribution in [3.63, 3.8) is 0 Å². The Morgan fingerprint density at radius 3 is 0.952 bits per heavy atom. The zero-order valence-corrected chi connectivity index (χ0v) is 56.6. The molecule has 84 heavy (non-hydrogen) atoms. The highest BCUT2D eigenvalue weighted by Gasteiger charge is 2.22. The van der Waals surface area contributed by atoms with E-state index in [0.29, 0.717) is 23.9 Å². The lowest BCUT2D eigenvalue weighted by Gasteiger charge is -2.26. The molecule has 0 aliphatic rings. The summed E-state index contributed by atoms with van der Waals surface area (Å²) < 4.78 is 22.8. The number of hydrogen-bond donors (Lipinski definition) is 0. The number of hydrogen-bond acceptors (Lipinski definition) is 8. The predicted molar refractivity (Wildman–Crippen MR) is 357 cm³/mol. The van der Waals surface area contributed by atoms with Gasteiger partial charge < -0.3 is 33.3 Å². The SMILES string of the molecule is CCCCCCC/C=C\C/C=C\C/C=C\CCCCCCCCCCCCCCCCC(=O)OC(COC(=O)CCCCCCCCCCCCCCCCCCCCCCCCCCCCCCCC)COC(OCC[N+](C)(C)C)C(=O)[O-]. The number of ether oxygens (including phenoxy) is 4. The monoisotopic (exact) mass is 1180 g/mol. The fourth-order valence-electron chi connectivity index (χ4n) is 11.0. The Balaban J connectivity index is 4.05. The third-order valence-corrected chi connectivity index (χ3v) is 16.6. The number of carbonyl (C=O) groups excluding carboxylic acids is 3. The van der Waals surface area contributed by atoms with Crippen LogP contribution in [0.2, 0.25) is 0 Å². The third kappa shape index (κ3) is 67.0. The van der Waals surface area contributed by atoms with E-state index in [1.165, 1.54) is 289 Å². The second kappa shape index (κ2) is 66.5. The molecule has 0 N–H and O–H groups in total. The first-order valence-electron chi connectivity index (χ1n) is 36.6. The minimum atomic E-state index is -1.62. The summed E-state index contributed by atoms with van der Waals surface area (Å²) in [6.07, 6.45) is 81.0. The molecule has 9 heteroatoms. The van der Waals surface area contributed by atoms with Gasteiger partial charge in [-0.25, -0.2) is 0 Å². The summed E-state index contributed by atoms with van der Waals surface area (Å²) in [5.74, 6) is -2.26. The second-order valence-electron chi connectivity index (χ2n) is 26.2. The van der Waals surface area contributed by atoms with Gasteiger partial charge in [0.25, 0.3) is 0 Å². The highest BCUT2D eigenvalue weighted by molar-refractivity contribution is 5.70. The molecule has 0 saturated heterocycles. The summed E-state index contributed by atoms with van der Waals surface area (Å²) >= 11 is 0. The molecule has 0 saturated carbocycles. The number of likely N-dealkylation sites (N-methyl/N-ethyl adjacent to an activating group) is 1. The average Bonchev–Trinajstić information content (AvgIpc) is 3.55. The largest absolute Gasteiger partial charge is 0.545 e. The van der Waals surface area contributed by atoms with Gasteiger partial charge in [0, 0.05) is 12.8 Å². The zero-order chi connectivity index (χ0) is 61.2. The van der Waals surface area contributed by atoms with Crippen LogP contribution < -0.4 is 5.11 Å². The average molecular weight is 1180 g/mol. The molecule has 2 unspecified atom stereocenters. The van der Waals surface area contributed by atoms with Gasteiger partial charge in [-0.05, 0) is 51.4 Å². The van der Waals surface area contributed by atoms with Gasteiger partial charge in [0.1, 0.15) is 13.2 Å². The van der Waals surface area contributed by atoms with E-state index in [1.807, 2.05) is 21.1 Å². The fourth-order valence-corrected chi connectivity index (χ4v) is 11.0. The van der Waals surface area contributed by atoms with Crippen LogP contribution in [0, 0.1) is 0 Å². The molecule has 0 aromatic carbocycles. The quantitative estimate of drug-likeness (QED) is 0.0195. The molecule has 0 aliphatic carbocycles. The summed E-state index contributed by atoms with van der Waals surface area (Å²) in [7, 11) is 5.94. The van der Waals surface area contributed by atoms with Gasteiger partial charge in [-0.3, -0.25) is 9.59 Å². The number of esters is 2. The molecule has 0 aliphatic heterocycles. The highest BCUT2D eigenvalue weighted by atomic mass is 16.7. The Morgan fingerprint density at radius 2 is 0.643 bits per heavy atom. The zero-order valence-electron chi connectivity index (χ0n) is 56.6. The first-order valence-corrected chi connectivity index (χ1v) is 36.6. The molecule has 0 spiro atoms. The van der Waals surface area contributed by atoms with Crippen molar-refractivity contribution < 1.29 is 42.9 Å². The van der Waals surface area contributed by atoms with Gasteiger partial charge >= 0.3 is 11.9 Å². The molecule has 0 heterocycles. The molecule has 2 atom stereocenters. The van der Waals surface area contributed by atoms with Gasteiger partial charge in [-0.2, -0.15) is 0 Å². The standard InChI is InChI=1S/C75H141NO8/c1-6-8-10-12-14-16-18-20-22-24-26-28-30-32-34-36-38-39-41-43-45-47-49-51-53-55-57-59-61-63-65-72(77)82-69-71(70-83-75(74(79)80)81-68-67-76(3,4)5)84-73(78)66-64-62-60-58-56-54-52-50-48-46-44-42-40-37-35-33-31-29-27-25-23-21-19-17-15-13-11-9-7-2/h19,21,25,27,31,33,71,75H,6-18,20,22-24,26,28-30,32,34-70H2,1-5H3/b21-19-,27-25-,33-31-.